The molecule has 0 amide bonds. The van der Waals surface area contributed by atoms with E-state index in [0.717, 1.165) is 31.4 Å². The van der Waals surface area contributed by atoms with Crippen LogP contribution in [0.3, 0.4) is 0 Å². The molecule has 16 heavy (non-hydrogen) atoms. The maximum atomic E-state index is 13.0. The van der Waals surface area contributed by atoms with Gasteiger partial charge in [0, 0.05) is 5.69 Å². The zero-order valence-electron chi connectivity index (χ0n) is 8.92. The standard InChI is InChI=1S/C12H15BrFNO/c13-9-7-8(5-6-10(9)14)15-11-3-1-2-4-12(11)16/h5-7,11-12,15-16H,1-4H2/t11-,12-/m1/s1. The fraction of sp³-hybridized carbons (Fsp3) is 0.500. The largest absolute Gasteiger partial charge is 0.391 e. The van der Waals surface area contributed by atoms with Crippen LogP contribution in [0.25, 0.3) is 0 Å². The maximum Gasteiger partial charge on any atom is 0.137 e. The van der Waals surface area contributed by atoms with Crippen molar-refractivity contribution in [2.75, 3.05) is 5.32 Å². The molecule has 1 aliphatic carbocycles. The van der Waals surface area contributed by atoms with E-state index in [1.54, 1.807) is 12.1 Å². The molecule has 0 aromatic heterocycles. The van der Waals surface area contributed by atoms with Crippen molar-refractivity contribution in [3.63, 3.8) is 0 Å². The molecule has 1 aromatic carbocycles. The maximum absolute atomic E-state index is 13.0. The zero-order chi connectivity index (χ0) is 11.5. The molecule has 0 radical (unpaired) electrons. The number of benzene rings is 1. The molecule has 0 bridgehead atoms. The van der Waals surface area contributed by atoms with Crippen molar-refractivity contribution in [2.45, 2.75) is 37.8 Å². The Morgan fingerprint density at radius 1 is 1.31 bits per heavy atom. The minimum absolute atomic E-state index is 0.0890. The van der Waals surface area contributed by atoms with Crippen molar-refractivity contribution in [3.8, 4) is 0 Å². The average Bonchev–Trinajstić information content (AvgIpc) is 2.27. The summed E-state index contributed by atoms with van der Waals surface area (Å²) in [4.78, 5) is 0. The van der Waals surface area contributed by atoms with E-state index in [4.69, 9.17) is 0 Å². The first-order valence-corrected chi connectivity index (χ1v) is 6.36. The van der Waals surface area contributed by atoms with Crippen LogP contribution in [-0.4, -0.2) is 17.3 Å². The Kier molecular flexibility index (Phi) is 3.82. The molecule has 2 N–H and O–H groups in total. The Morgan fingerprint density at radius 3 is 2.75 bits per heavy atom. The summed E-state index contributed by atoms with van der Waals surface area (Å²) in [7, 11) is 0. The van der Waals surface area contributed by atoms with Gasteiger partial charge in [0.25, 0.3) is 0 Å². The number of aliphatic hydroxyl groups is 1. The van der Waals surface area contributed by atoms with Gasteiger partial charge in [-0.25, -0.2) is 4.39 Å². The zero-order valence-corrected chi connectivity index (χ0v) is 10.5. The summed E-state index contributed by atoms with van der Waals surface area (Å²) < 4.78 is 13.5. The first-order chi connectivity index (χ1) is 7.66. The molecule has 2 rings (SSSR count). The Balaban J connectivity index is 2.05. The van der Waals surface area contributed by atoms with Crippen LogP contribution in [0.15, 0.2) is 22.7 Å². The molecule has 0 unspecified atom stereocenters. The van der Waals surface area contributed by atoms with Gasteiger partial charge in [-0.1, -0.05) is 12.8 Å². The van der Waals surface area contributed by atoms with Gasteiger partial charge >= 0.3 is 0 Å². The fourth-order valence-corrected chi connectivity index (χ4v) is 2.46. The van der Waals surface area contributed by atoms with Crippen LogP contribution in [0.4, 0.5) is 10.1 Å². The normalized spacial score (nSPS) is 25.4. The molecule has 0 saturated heterocycles. The molecule has 1 aromatic rings. The number of anilines is 1. The summed E-state index contributed by atoms with van der Waals surface area (Å²) in [6, 6.07) is 4.91. The predicted octanol–water partition coefficient (Wildman–Crippen LogP) is 3.30. The third-order valence-corrected chi connectivity index (χ3v) is 3.61. The van der Waals surface area contributed by atoms with Crippen LogP contribution >= 0.6 is 15.9 Å². The summed E-state index contributed by atoms with van der Waals surface area (Å²) in [5.74, 6) is -0.269. The number of hydrogen-bond acceptors (Lipinski definition) is 2. The van der Waals surface area contributed by atoms with E-state index in [9.17, 15) is 9.50 Å². The SMILES string of the molecule is O[C@@H]1CCCC[C@H]1Nc1ccc(F)c(Br)c1. The second-order valence-electron chi connectivity index (χ2n) is 4.23. The highest BCUT2D eigenvalue weighted by molar-refractivity contribution is 9.10. The first kappa shape index (κ1) is 11.9. The molecular weight excluding hydrogens is 273 g/mol. The predicted molar refractivity (Wildman–Crippen MR) is 66.0 cm³/mol. The van der Waals surface area contributed by atoms with E-state index in [2.05, 4.69) is 21.2 Å². The van der Waals surface area contributed by atoms with Crippen LogP contribution in [0.2, 0.25) is 0 Å². The van der Waals surface area contributed by atoms with Crippen molar-refractivity contribution in [1.29, 1.82) is 0 Å². The lowest BCUT2D eigenvalue weighted by atomic mass is 9.92. The van der Waals surface area contributed by atoms with Gasteiger partial charge in [-0.3, -0.25) is 0 Å². The molecular formula is C12H15BrFNO. The number of hydrogen-bond donors (Lipinski definition) is 2. The summed E-state index contributed by atoms with van der Waals surface area (Å²) >= 11 is 3.15. The average molecular weight is 288 g/mol. The van der Waals surface area contributed by atoms with Crippen molar-refractivity contribution in [2.24, 2.45) is 0 Å². The van der Waals surface area contributed by atoms with E-state index in [-0.39, 0.29) is 18.0 Å². The van der Waals surface area contributed by atoms with Crippen molar-refractivity contribution in [3.05, 3.63) is 28.5 Å². The molecule has 1 fully saturated rings. The van der Waals surface area contributed by atoms with Crippen molar-refractivity contribution >= 4 is 21.6 Å². The Morgan fingerprint density at radius 2 is 2.06 bits per heavy atom. The lowest BCUT2D eigenvalue weighted by Gasteiger charge is -2.29. The van der Waals surface area contributed by atoms with E-state index in [0.29, 0.717) is 4.47 Å². The number of aliphatic hydroxyl groups excluding tert-OH is 1. The van der Waals surface area contributed by atoms with Crippen molar-refractivity contribution in [1.82, 2.24) is 0 Å². The van der Waals surface area contributed by atoms with E-state index < -0.39 is 0 Å². The summed E-state index contributed by atoms with van der Waals surface area (Å²) in [5, 5.41) is 13.1. The van der Waals surface area contributed by atoms with Crippen LogP contribution in [0, 0.1) is 5.82 Å². The molecule has 0 heterocycles. The summed E-state index contributed by atoms with van der Waals surface area (Å²) in [6.07, 6.45) is 3.75. The van der Waals surface area contributed by atoms with Gasteiger partial charge < -0.3 is 10.4 Å². The van der Waals surface area contributed by atoms with Gasteiger partial charge in [-0.05, 0) is 47.0 Å². The third kappa shape index (κ3) is 2.74. The van der Waals surface area contributed by atoms with Gasteiger partial charge in [0.15, 0.2) is 0 Å². The minimum atomic E-state index is -0.294. The molecule has 2 nitrogen and oxygen atoms in total. The van der Waals surface area contributed by atoms with Gasteiger partial charge in [0.1, 0.15) is 5.82 Å². The Labute approximate surface area is 103 Å². The quantitative estimate of drug-likeness (QED) is 0.875. The van der Waals surface area contributed by atoms with Crippen LogP contribution in [0.1, 0.15) is 25.7 Å². The van der Waals surface area contributed by atoms with E-state index in [1.807, 2.05) is 0 Å². The van der Waals surface area contributed by atoms with Crippen molar-refractivity contribution < 1.29 is 9.50 Å². The highest BCUT2D eigenvalue weighted by Gasteiger charge is 2.22. The van der Waals surface area contributed by atoms with Crippen LogP contribution < -0.4 is 5.32 Å². The first-order valence-electron chi connectivity index (χ1n) is 5.56. The molecule has 88 valence electrons. The summed E-state index contributed by atoms with van der Waals surface area (Å²) in [6.45, 7) is 0. The topological polar surface area (TPSA) is 32.3 Å². The Hall–Kier alpha value is -0.610. The van der Waals surface area contributed by atoms with E-state index >= 15 is 0 Å². The number of nitrogens with one attached hydrogen (secondary N) is 1. The number of rotatable bonds is 2. The van der Waals surface area contributed by atoms with Crippen LogP contribution in [0.5, 0.6) is 0 Å². The highest BCUT2D eigenvalue weighted by atomic mass is 79.9. The minimum Gasteiger partial charge on any atom is -0.391 e. The number of halogens is 2. The summed E-state index contributed by atoms with van der Waals surface area (Å²) in [5.41, 5.74) is 0.847. The highest BCUT2D eigenvalue weighted by Crippen LogP contribution is 2.25. The molecule has 0 spiro atoms. The van der Waals surface area contributed by atoms with Gasteiger partial charge in [0.05, 0.1) is 16.6 Å². The molecule has 1 saturated carbocycles. The third-order valence-electron chi connectivity index (χ3n) is 3.00. The molecule has 1 aliphatic rings. The van der Waals surface area contributed by atoms with Gasteiger partial charge in [-0.15, -0.1) is 0 Å². The molecule has 2 atom stereocenters. The lowest BCUT2D eigenvalue weighted by Crippen LogP contribution is -2.36. The fourth-order valence-electron chi connectivity index (χ4n) is 2.08. The van der Waals surface area contributed by atoms with Crippen LogP contribution in [-0.2, 0) is 0 Å². The monoisotopic (exact) mass is 287 g/mol. The second-order valence-corrected chi connectivity index (χ2v) is 5.09. The smallest absolute Gasteiger partial charge is 0.137 e. The second kappa shape index (κ2) is 5.15. The van der Waals surface area contributed by atoms with E-state index in [1.165, 1.54) is 6.07 Å². The lowest BCUT2D eigenvalue weighted by molar-refractivity contribution is 0.116. The van der Waals surface area contributed by atoms with Gasteiger partial charge in [-0.2, -0.15) is 0 Å². The van der Waals surface area contributed by atoms with Gasteiger partial charge in [0.2, 0.25) is 0 Å². The Bertz CT molecular complexity index is 372. The molecule has 0 aliphatic heterocycles. The molecule has 4 heteroatoms.